The van der Waals surface area contributed by atoms with Crippen molar-refractivity contribution in [1.82, 2.24) is 5.43 Å². The largest absolute Gasteiger partial charge is 0.381 e. The molecule has 2 aliphatic rings. The number of hydrogen-bond acceptors (Lipinski definition) is 4. The molecule has 0 aromatic rings. The van der Waals surface area contributed by atoms with E-state index < -0.39 is 0 Å². The minimum absolute atomic E-state index is 0.473. The maximum absolute atomic E-state index is 5.66. The van der Waals surface area contributed by atoms with E-state index in [1.54, 1.807) is 0 Å². The molecule has 0 aromatic carbocycles. The third-order valence-corrected chi connectivity index (χ3v) is 4.72. The number of nitrogens with one attached hydrogen (secondary N) is 1. The highest BCUT2D eigenvalue weighted by Gasteiger charge is 2.27. The fraction of sp³-hybridized carbons (Fsp3) is 1.00. The number of hydrogen-bond donors (Lipinski definition) is 2. The van der Waals surface area contributed by atoms with Gasteiger partial charge >= 0.3 is 0 Å². The highest BCUT2D eigenvalue weighted by Crippen LogP contribution is 2.29. The molecular weight excluding hydrogens is 208 g/mol. The van der Waals surface area contributed by atoms with Gasteiger partial charge in [-0.25, -0.2) is 0 Å². The Morgan fingerprint density at radius 3 is 2.73 bits per heavy atom. The summed E-state index contributed by atoms with van der Waals surface area (Å²) in [5.41, 5.74) is 3.00. The second-order valence-electron chi connectivity index (χ2n) is 4.69. The Bertz CT molecular complexity index is 179. The van der Waals surface area contributed by atoms with Crippen LogP contribution < -0.4 is 11.3 Å². The molecular formula is C11H22N2OS. The number of rotatable bonds is 4. The average molecular weight is 230 g/mol. The summed E-state index contributed by atoms with van der Waals surface area (Å²) in [4.78, 5) is 0. The van der Waals surface area contributed by atoms with Crippen LogP contribution in [0.25, 0.3) is 0 Å². The number of ether oxygens (including phenoxy) is 1. The molecule has 2 rings (SSSR count). The van der Waals surface area contributed by atoms with E-state index in [-0.39, 0.29) is 0 Å². The zero-order valence-electron chi connectivity index (χ0n) is 9.28. The van der Waals surface area contributed by atoms with E-state index in [2.05, 4.69) is 17.2 Å². The van der Waals surface area contributed by atoms with Gasteiger partial charge in [0.25, 0.3) is 0 Å². The molecule has 0 aromatic heterocycles. The lowest BCUT2D eigenvalue weighted by atomic mass is 9.87. The molecule has 0 saturated carbocycles. The second kappa shape index (κ2) is 6.09. The molecule has 88 valence electrons. The molecule has 0 aliphatic carbocycles. The predicted molar refractivity (Wildman–Crippen MR) is 64.7 cm³/mol. The molecule has 15 heavy (non-hydrogen) atoms. The molecule has 2 heterocycles. The van der Waals surface area contributed by atoms with Gasteiger partial charge in [-0.3, -0.25) is 11.3 Å². The molecule has 0 spiro atoms. The van der Waals surface area contributed by atoms with Crippen LogP contribution in [0.15, 0.2) is 0 Å². The summed E-state index contributed by atoms with van der Waals surface area (Å²) in [5.74, 6) is 9.86. The van der Waals surface area contributed by atoms with E-state index >= 15 is 0 Å². The van der Waals surface area contributed by atoms with Crippen molar-refractivity contribution in [3.05, 3.63) is 0 Å². The van der Waals surface area contributed by atoms with Crippen molar-refractivity contribution in [2.45, 2.75) is 31.7 Å². The van der Waals surface area contributed by atoms with E-state index in [1.807, 2.05) is 0 Å². The van der Waals surface area contributed by atoms with E-state index in [0.29, 0.717) is 12.0 Å². The van der Waals surface area contributed by atoms with Gasteiger partial charge in [0.1, 0.15) is 0 Å². The van der Waals surface area contributed by atoms with Crippen molar-refractivity contribution in [3.63, 3.8) is 0 Å². The molecule has 2 fully saturated rings. The molecule has 0 radical (unpaired) electrons. The molecule has 0 bridgehead atoms. The van der Waals surface area contributed by atoms with Gasteiger partial charge in [-0.1, -0.05) is 0 Å². The number of thioether (sulfide) groups is 1. The summed E-state index contributed by atoms with van der Waals surface area (Å²) >= 11 is 2.09. The van der Waals surface area contributed by atoms with E-state index in [1.165, 1.54) is 37.2 Å². The third-order valence-electron chi connectivity index (χ3n) is 3.68. The van der Waals surface area contributed by atoms with Crippen LogP contribution in [-0.2, 0) is 4.74 Å². The normalized spacial score (nSPS) is 30.6. The summed E-state index contributed by atoms with van der Waals surface area (Å²) in [6.07, 6.45) is 5.16. The van der Waals surface area contributed by atoms with Gasteiger partial charge in [-0.2, -0.15) is 11.8 Å². The molecule has 2 aliphatic heterocycles. The smallest absolute Gasteiger partial charge is 0.0510 e. The van der Waals surface area contributed by atoms with Crippen LogP contribution in [0.2, 0.25) is 0 Å². The maximum Gasteiger partial charge on any atom is 0.0510 e. The van der Waals surface area contributed by atoms with Gasteiger partial charge in [-0.15, -0.1) is 0 Å². The fourth-order valence-electron chi connectivity index (χ4n) is 2.61. The van der Waals surface area contributed by atoms with Gasteiger partial charge in [0.15, 0.2) is 0 Å². The zero-order chi connectivity index (χ0) is 10.5. The monoisotopic (exact) mass is 230 g/mol. The van der Waals surface area contributed by atoms with Gasteiger partial charge < -0.3 is 4.74 Å². The summed E-state index contributed by atoms with van der Waals surface area (Å²) in [6.45, 7) is 1.82. The van der Waals surface area contributed by atoms with Gasteiger partial charge in [0.2, 0.25) is 0 Å². The molecule has 4 heteroatoms. The van der Waals surface area contributed by atoms with Crippen molar-refractivity contribution >= 4 is 11.8 Å². The van der Waals surface area contributed by atoms with Crippen LogP contribution in [0.3, 0.4) is 0 Å². The first-order chi connectivity index (χ1) is 7.40. The minimum atomic E-state index is 0.473. The van der Waals surface area contributed by atoms with Crippen LogP contribution >= 0.6 is 11.8 Å². The Labute approximate surface area is 96.5 Å². The molecule has 3 N–H and O–H groups in total. The van der Waals surface area contributed by atoms with Gasteiger partial charge in [0.05, 0.1) is 6.61 Å². The lowest BCUT2D eigenvalue weighted by Crippen LogP contribution is -2.42. The molecule has 2 atom stereocenters. The fourth-order valence-corrected chi connectivity index (χ4v) is 3.81. The predicted octanol–water partition coefficient (Wildman–Crippen LogP) is 1.39. The standard InChI is InChI=1S/C11H22N2OS/c12-13-11(10-1-4-14-8-10)7-9-2-5-15-6-3-9/h9-11,13H,1-8,12H2. The van der Waals surface area contributed by atoms with E-state index in [9.17, 15) is 0 Å². The third kappa shape index (κ3) is 3.34. The molecule has 0 amide bonds. The number of nitrogens with two attached hydrogens (primary N) is 1. The van der Waals surface area contributed by atoms with E-state index in [4.69, 9.17) is 10.6 Å². The van der Waals surface area contributed by atoms with Crippen LogP contribution in [0.4, 0.5) is 0 Å². The Balaban J connectivity index is 1.78. The first-order valence-electron chi connectivity index (χ1n) is 6.01. The topological polar surface area (TPSA) is 47.3 Å². The van der Waals surface area contributed by atoms with Crippen LogP contribution in [0, 0.1) is 11.8 Å². The van der Waals surface area contributed by atoms with Crippen LogP contribution in [-0.4, -0.2) is 30.8 Å². The number of hydrazine groups is 1. The quantitative estimate of drug-likeness (QED) is 0.566. The summed E-state index contributed by atoms with van der Waals surface area (Å²) in [5, 5.41) is 0. The van der Waals surface area contributed by atoms with Crippen molar-refractivity contribution in [1.29, 1.82) is 0 Å². The molecule has 3 nitrogen and oxygen atoms in total. The van der Waals surface area contributed by atoms with Gasteiger partial charge in [0, 0.05) is 18.6 Å². The highest BCUT2D eigenvalue weighted by atomic mass is 32.2. The Kier molecular flexibility index (Phi) is 4.75. The Morgan fingerprint density at radius 1 is 1.33 bits per heavy atom. The zero-order valence-corrected chi connectivity index (χ0v) is 10.1. The lowest BCUT2D eigenvalue weighted by molar-refractivity contribution is 0.171. The van der Waals surface area contributed by atoms with Crippen molar-refractivity contribution in [2.75, 3.05) is 24.7 Å². The van der Waals surface area contributed by atoms with Crippen molar-refractivity contribution in [2.24, 2.45) is 17.7 Å². The maximum atomic E-state index is 5.66. The summed E-state index contributed by atoms with van der Waals surface area (Å²) < 4.78 is 5.43. The van der Waals surface area contributed by atoms with Crippen molar-refractivity contribution < 1.29 is 4.74 Å². The summed E-state index contributed by atoms with van der Waals surface area (Å²) in [6, 6.07) is 0.473. The highest BCUT2D eigenvalue weighted by molar-refractivity contribution is 7.99. The van der Waals surface area contributed by atoms with Crippen molar-refractivity contribution in [3.8, 4) is 0 Å². The summed E-state index contributed by atoms with van der Waals surface area (Å²) in [7, 11) is 0. The van der Waals surface area contributed by atoms with Crippen LogP contribution in [0.1, 0.15) is 25.7 Å². The van der Waals surface area contributed by atoms with Gasteiger partial charge in [-0.05, 0) is 43.1 Å². The minimum Gasteiger partial charge on any atom is -0.381 e. The first-order valence-corrected chi connectivity index (χ1v) is 7.17. The second-order valence-corrected chi connectivity index (χ2v) is 5.91. The Morgan fingerprint density at radius 2 is 2.13 bits per heavy atom. The van der Waals surface area contributed by atoms with Crippen LogP contribution in [0.5, 0.6) is 0 Å². The molecule has 2 saturated heterocycles. The lowest BCUT2D eigenvalue weighted by Gasteiger charge is -2.28. The molecule has 2 unspecified atom stereocenters. The first kappa shape index (κ1) is 11.7. The average Bonchev–Trinajstić information content (AvgIpc) is 2.81. The Hall–Kier alpha value is 0.230. The van der Waals surface area contributed by atoms with E-state index in [0.717, 1.165) is 19.1 Å². The SMILES string of the molecule is NNC(CC1CCSCC1)C1CCOC1.